The van der Waals surface area contributed by atoms with Crippen LogP contribution in [-0.2, 0) is 6.42 Å². The lowest BCUT2D eigenvalue weighted by Crippen LogP contribution is -2.39. The lowest BCUT2D eigenvalue weighted by Gasteiger charge is -2.10. The average Bonchev–Trinajstić information content (AvgIpc) is 2.86. The van der Waals surface area contributed by atoms with Crippen molar-refractivity contribution in [3.05, 3.63) is 11.7 Å². The molecule has 0 aromatic carbocycles. The Morgan fingerprint density at radius 2 is 2.11 bits per heavy atom. The van der Waals surface area contributed by atoms with Crippen molar-refractivity contribution in [3.63, 3.8) is 0 Å². The van der Waals surface area contributed by atoms with Gasteiger partial charge in [0, 0.05) is 38.2 Å². The molecule has 0 saturated carbocycles. The van der Waals surface area contributed by atoms with Gasteiger partial charge in [-0.05, 0) is 6.26 Å². The molecule has 0 radical (unpaired) electrons. The van der Waals surface area contributed by atoms with Crippen LogP contribution in [0.3, 0.4) is 0 Å². The lowest BCUT2D eigenvalue weighted by molar-refractivity contribution is 0.371. The molecule has 0 atom stereocenters. The Hall–Kier alpha value is -1.24. The molecule has 0 bridgehead atoms. The minimum atomic E-state index is 0.298. The van der Waals surface area contributed by atoms with Crippen molar-refractivity contribution in [3.8, 4) is 0 Å². The molecule has 0 amide bonds. The third-order valence-corrected chi connectivity index (χ3v) is 3.07. The number of rotatable bonds is 7. The number of nitrogens with one attached hydrogen (secondary N) is 2. The van der Waals surface area contributed by atoms with Gasteiger partial charge in [-0.25, -0.2) is 0 Å². The first-order valence-electron chi connectivity index (χ1n) is 6.43. The minimum Gasteiger partial charge on any atom is -0.356 e. The molecule has 2 N–H and O–H groups in total. The van der Waals surface area contributed by atoms with Crippen LogP contribution < -0.4 is 10.6 Å². The van der Waals surface area contributed by atoms with Crippen molar-refractivity contribution in [2.45, 2.75) is 26.2 Å². The Kier molecular flexibility index (Phi) is 7.32. The van der Waals surface area contributed by atoms with Gasteiger partial charge in [0.1, 0.15) is 0 Å². The van der Waals surface area contributed by atoms with Crippen LogP contribution in [0.2, 0.25) is 0 Å². The van der Waals surface area contributed by atoms with Gasteiger partial charge in [-0.15, -0.1) is 0 Å². The van der Waals surface area contributed by atoms with E-state index in [0.717, 1.165) is 30.6 Å². The van der Waals surface area contributed by atoms with Crippen LogP contribution in [0, 0.1) is 0 Å². The molecule has 0 spiro atoms. The molecule has 1 heterocycles. The Balaban J connectivity index is 2.27. The van der Waals surface area contributed by atoms with E-state index < -0.39 is 0 Å². The minimum absolute atomic E-state index is 0.298. The monoisotopic (exact) mass is 285 g/mol. The van der Waals surface area contributed by atoms with E-state index in [2.05, 4.69) is 32.0 Å². The van der Waals surface area contributed by atoms with Gasteiger partial charge in [-0.3, -0.25) is 4.99 Å². The number of hydrogen-bond donors (Lipinski definition) is 2. The number of aliphatic imine (C=N–C) groups is 1. The summed E-state index contributed by atoms with van der Waals surface area (Å²) in [6.45, 7) is 5.71. The van der Waals surface area contributed by atoms with Crippen LogP contribution in [0.15, 0.2) is 9.52 Å². The number of thioether (sulfide) groups is 1. The van der Waals surface area contributed by atoms with Crippen LogP contribution in [0.4, 0.5) is 0 Å². The fourth-order valence-corrected chi connectivity index (χ4v) is 1.69. The molecule has 7 heteroatoms. The van der Waals surface area contributed by atoms with E-state index in [9.17, 15) is 0 Å². The van der Waals surface area contributed by atoms with E-state index in [1.54, 1.807) is 18.8 Å². The van der Waals surface area contributed by atoms with Crippen molar-refractivity contribution >= 4 is 17.7 Å². The van der Waals surface area contributed by atoms with E-state index in [1.807, 2.05) is 13.8 Å². The fraction of sp³-hybridized carbons (Fsp3) is 0.750. The fourth-order valence-electron chi connectivity index (χ4n) is 1.38. The van der Waals surface area contributed by atoms with E-state index in [4.69, 9.17) is 4.52 Å². The smallest absolute Gasteiger partial charge is 0.228 e. The van der Waals surface area contributed by atoms with E-state index in [-0.39, 0.29) is 0 Å². The van der Waals surface area contributed by atoms with Gasteiger partial charge in [-0.1, -0.05) is 19.0 Å². The average molecular weight is 285 g/mol. The van der Waals surface area contributed by atoms with Crippen LogP contribution >= 0.6 is 11.8 Å². The summed E-state index contributed by atoms with van der Waals surface area (Å²) in [5.41, 5.74) is 0. The van der Waals surface area contributed by atoms with E-state index >= 15 is 0 Å². The summed E-state index contributed by atoms with van der Waals surface area (Å²) in [7, 11) is 1.76. The van der Waals surface area contributed by atoms with Crippen LogP contribution in [0.5, 0.6) is 0 Å². The van der Waals surface area contributed by atoms with Gasteiger partial charge in [0.25, 0.3) is 0 Å². The predicted molar refractivity (Wildman–Crippen MR) is 79.8 cm³/mol. The van der Waals surface area contributed by atoms with E-state index in [0.29, 0.717) is 18.2 Å². The van der Waals surface area contributed by atoms with Crippen molar-refractivity contribution in [2.75, 3.05) is 32.1 Å². The number of guanidine groups is 1. The molecule has 0 saturated heterocycles. The topological polar surface area (TPSA) is 75.3 Å². The normalized spacial score (nSPS) is 11.9. The standard InChI is InChI=1S/C12H23N5OS/c1-9(2)11-16-10(18-17-11)5-6-14-12(13-3)15-7-8-19-4/h9H,5-8H2,1-4H3,(H2,13,14,15). The molecule has 1 rings (SSSR count). The first-order chi connectivity index (χ1) is 9.17. The van der Waals surface area contributed by atoms with Crippen molar-refractivity contribution in [2.24, 2.45) is 4.99 Å². The van der Waals surface area contributed by atoms with Crippen LogP contribution in [-0.4, -0.2) is 48.2 Å². The summed E-state index contributed by atoms with van der Waals surface area (Å²) >= 11 is 1.80. The van der Waals surface area contributed by atoms with Crippen molar-refractivity contribution in [1.29, 1.82) is 0 Å². The number of aromatic nitrogens is 2. The van der Waals surface area contributed by atoms with Crippen molar-refractivity contribution in [1.82, 2.24) is 20.8 Å². The Morgan fingerprint density at radius 1 is 1.37 bits per heavy atom. The van der Waals surface area contributed by atoms with Gasteiger partial charge in [0.15, 0.2) is 11.8 Å². The summed E-state index contributed by atoms with van der Waals surface area (Å²) in [4.78, 5) is 8.47. The Morgan fingerprint density at radius 3 is 2.68 bits per heavy atom. The molecule has 108 valence electrons. The number of hydrogen-bond acceptors (Lipinski definition) is 5. The first-order valence-corrected chi connectivity index (χ1v) is 7.82. The molecule has 0 aliphatic rings. The first kappa shape index (κ1) is 15.8. The van der Waals surface area contributed by atoms with E-state index in [1.165, 1.54) is 0 Å². The second-order valence-electron chi connectivity index (χ2n) is 4.37. The zero-order valence-electron chi connectivity index (χ0n) is 12.1. The molecule has 0 fully saturated rings. The molecular weight excluding hydrogens is 262 g/mol. The molecule has 0 unspecified atom stereocenters. The molecule has 0 aliphatic carbocycles. The Bertz CT molecular complexity index is 391. The molecule has 1 aromatic rings. The maximum Gasteiger partial charge on any atom is 0.228 e. The zero-order valence-corrected chi connectivity index (χ0v) is 12.9. The maximum absolute atomic E-state index is 5.18. The van der Waals surface area contributed by atoms with Gasteiger partial charge < -0.3 is 15.2 Å². The summed E-state index contributed by atoms with van der Waals surface area (Å²) < 4.78 is 5.18. The molecule has 19 heavy (non-hydrogen) atoms. The molecule has 6 nitrogen and oxygen atoms in total. The predicted octanol–water partition coefficient (Wildman–Crippen LogP) is 1.26. The summed E-state index contributed by atoms with van der Waals surface area (Å²) in [5, 5.41) is 10.4. The van der Waals surface area contributed by atoms with Crippen LogP contribution in [0.25, 0.3) is 0 Å². The quantitative estimate of drug-likeness (QED) is 0.446. The second kappa shape index (κ2) is 8.79. The van der Waals surface area contributed by atoms with Gasteiger partial charge in [-0.2, -0.15) is 16.7 Å². The highest BCUT2D eigenvalue weighted by molar-refractivity contribution is 7.98. The maximum atomic E-state index is 5.18. The highest BCUT2D eigenvalue weighted by Crippen LogP contribution is 2.09. The van der Waals surface area contributed by atoms with Gasteiger partial charge in [0.2, 0.25) is 5.89 Å². The lowest BCUT2D eigenvalue weighted by atomic mass is 10.2. The summed E-state index contributed by atoms with van der Waals surface area (Å²) in [5.74, 6) is 3.58. The largest absolute Gasteiger partial charge is 0.356 e. The molecule has 1 aromatic heterocycles. The summed E-state index contributed by atoms with van der Waals surface area (Å²) in [6.07, 6.45) is 2.78. The summed E-state index contributed by atoms with van der Waals surface area (Å²) in [6, 6.07) is 0. The highest BCUT2D eigenvalue weighted by atomic mass is 32.2. The zero-order chi connectivity index (χ0) is 14.1. The van der Waals surface area contributed by atoms with Gasteiger partial charge >= 0.3 is 0 Å². The van der Waals surface area contributed by atoms with Crippen molar-refractivity contribution < 1.29 is 4.52 Å². The van der Waals surface area contributed by atoms with Crippen LogP contribution in [0.1, 0.15) is 31.5 Å². The highest BCUT2D eigenvalue weighted by Gasteiger charge is 2.09. The second-order valence-corrected chi connectivity index (χ2v) is 5.36. The third kappa shape index (κ3) is 5.96. The molecule has 0 aliphatic heterocycles. The SMILES string of the molecule is CN=C(NCCSC)NCCc1nc(C(C)C)no1. The third-order valence-electron chi connectivity index (χ3n) is 2.45. The Labute approximate surface area is 118 Å². The van der Waals surface area contributed by atoms with Gasteiger partial charge in [0.05, 0.1) is 0 Å². The molecular formula is C12H23N5OS. The number of nitrogens with zero attached hydrogens (tertiary/aromatic N) is 3.